The van der Waals surface area contributed by atoms with Crippen LogP contribution in [0.25, 0.3) is 0 Å². The lowest BCUT2D eigenvalue weighted by Gasteiger charge is -2.23. The molecule has 4 rings (SSSR count). The van der Waals surface area contributed by atoms with Crippen molar-refractivity contribution >= 4 is 17.4 Å². The minimum atomic E-state index is -0.221. The van der Waals surface area contributed by atoms with Crippen molar-refractivity contribution < 1.29 is 9.53 Å². The van der Waals surface area contributed by atoms with Gasteiger partial charge < -0.3 is 15.0 Å². The monoisotopic (exact) mass is 388 g/mol. The van der Waals surface area contributed by atoms with Crippen LogP contribution in [0.5, 0.6) is 5.75 Å². The molecule has 2 heterocycles. The molecular weight excluding hydrogens is 364 g/mol. The van der Waals surface area contributed by atoms with Crippen molar-refractivity contribution in [2.75, 3.05) is 18.6 Å². The molecule has 2 aromatic carbocycles. The van der Waals surface area contributed by atoms with Crippen LogP contribution in [0.4, 0.5) is 11.5 Å². The number of nitrogens with one attached hydrogen (secondary N) is 1. The molecule has 0 aliphatic carbocycles. The van der Waals surface area contributed by atoms with Gasteiger partial charge in [-0.2, -0.15) is 0 Å². The molecule has 1 atom stereocenters. The van der Waals surface area contributed by atoms with Crippen molar-refractivity contribution in [2.24, 2.45) is 0 Å². The molecule has 1 amide bonds. The summed E-state index contributed by atoms with van der Waals surface area (Å²) in [6.45, 7) is 2.69. The van der Waals surface area contributed by atoms with E-state index in [4.69, 9.17) is 4.74 Å². The molecule has 0 fully saturated rings. The van der Waals surface area contributed by atoms with Crippen LogP contribution in [0.15, 0.2) is 60.7 Å². The number of para-hydroxylation sites is 1. The van der Waals surface area contributed by atoms with Crippen molar-refractivity contribution in [3.05, 3.63) is 77.5 Å². The van der Waals surface area contributed by atoms with Crippen LogP contribution in [0, 0.1) is 0 Å². The topological polar surface area (TPSA) is 67.3 Å². The van der Waals surface area contributed by atoms with Gasteiger partial charge in [0, 0.05) is 18.3 Å². The number of fused-ring (bicyclic) bond motifs is 1. The fraction of sp³-hybridized carbons (Fsp3) is 0.261. The van der Waals surface area contributed by atoms with Gasteiger partial charge in [0.15, 0.2) is 11.5 Å². The number of methoxy groups -OCH3 is 1. The molecule has 0 saturated carbocycles. The lowest BCUT2D eigenvalue weighted by atomic mass is 10.1. The Morgan fingerprint density at radius 1 is 1.14 bits per heavy atom. The summed E-state index contributed by atoms with van der Waals surface area (Å²) in [7, 11) is 1.64. The molecule has 6 heteroatoms. The summed E-state index contributed by atoms with van der Waals surface area (Å²) in [5, 5.41) is 11.4. The van der Waals surface area contributed by atoms with Crippen LogP contribution in [0.2, 0.25) is 0 Å². The predicted octanol–water partition coefficient (Wildman–Crippen LogP) is 3.54. The number of rotatable bonds is 6. The molecule has 1 unspecified atom stereocenters. The van der Waals surface area contributed by atoms with Crippen LogP contribution < -0.4 is 15.0 Å². The number of nitrogens with zero attached hydrogens (tertiary/aromatic N) is 3. The zero-order chi connectivity index (χ0) is 20.2. The third kappa shape index (κ3) is 4.06. The highest BCUT2D eigenvalue weighted by molar-refractivity contribution is 5.92. The predicted molar refractivity (Wildman–Crippen MR) is 113 cm³/mol. The van der Waals surface area contributed by atoms with E-state index in [1.807, 2.05) is 36.4 Å². The average Bonchev–Trinajstić information content (AvgIpc) is 3.09. The van der Waals surface area contributed by atoms with Crippen molar-refractivity contribution in [1.29, 1.82) is 0 Å². The van der Waals surface area contributed by atoms with E-state index < -0.39 is 0 Å². The molecule has 0 saturated heterocycles. The number of carbonyl (C=O) groups excluding carboxylic acids is 1. The summed E-state index contributed by atoms with van der Waals surface area (Å²) in [6, 6.07) is 20.1. The number of anilines is 2. The van der Waals surface area contributed by atoms with E-state index in [0.29, 0.717) is 18.3 Å². The lowest BCUT2D eigenvalue weighted by Crippen LogP contribution is -2.28. The highest BCUT2D eigenvalue weighted by atomic mass is 16.5. The first-order chi connectivity index (χ1) is 14.2. The van der Waals surface area contributed by atoms with Gasteiger partial charge in [0.2, 0.25) is 0 Å². The smallest absolute Gasteiger partial charge is 0.271 e. The van der Waals surface area contributed by atoms with Gasteiger partial charge in [-0.25, -0.2) is 0 Å². The number of hydrogen-bond donors (Lipinski definition) is 1. The number of aromatic nitrogens is 2. The van der Waals surface area contributed by atoms with E-state index in [1.165, 1.54) is 5.56 Å². The fourth-order valence-electron chi connectivity index (χ4n) is 3.73. The number of hydrogen-bond acceptors (Lipinski definition) is 5. The second-order valence-corrected chi connectivity index (χ2v) is 7.19. The van der Waals surface area contributed by atoms with Gasteiger partial charge >= 0.3 is 0 Å². The fourth-order valence-corrected chi connectivity index (χ4v) is 3.73. The highest BCUT2D eigenvalue weighted by Gasteiger charge is 2.28. The summed E-state index contributed by atoms with van der Waals surface area (Å²) >= 11 is 0. The molecule has 1 aromatic heterocycles. The van der Waals surface area contributed by atoms with Crippen LogP contribution in [-0.2, 0) is 12.8 Å². The standard InChI is InChI=1S/C23H24N4O2/c1-16-14-18-7-3-4-9-21(18)27(16)22-11-10-20(25-26-22)23(28)24-13-12-17-6-5-8-19(15-17)29-2/h3-11,15-16H,12-14H2,1-2H3,(H,24,28). The van der Waals surface area contributed by atoms with Gasteiger partial charge in [-0.05, 0) is 61.2 Å². The molecule has 148 valence electrons. The summed E-state index contributed by atoms with van der Waals surface area (Å²) in [5.41, 5.74) is 3.89. The SMILES string of the molecule is COc1cccc(CCNC(=O)c2ccc(N3c4ccccc4CC3C)nn2)c1. The Morgan fingerprint density at radius 3 is 2.79 bits per heavy atom. The van der Waals surface area contributed by atoms with Gasteiger partial charge in [0.25, 0.3) is 5.91 Å². The molecule has 0 radical (unpaired) electrons. The van der Waals surface area contributed by atoms with Crippen molar-refractivity contribution in [2.45, 2.75) is 25.8 Å². The zero-order valence-electron chi connectivity index (χ0n) is 16.6. The summed E-state index contributed by atoms with van der Waals surface area (Å²) < 4.78 is 5.22. The van der Waals surface area contributed by atoms with Crippen molar-refractivity contribution in [3.63, 3.8) is 0 Å². The number of benzene rings is 2. The molecule has 6 nitrogen and oxygen atoms in total. The largest absolute Gasteiger partial charge is 0.497 e. The Hall–Kier alpha value is -3.41. The van der Waals surface area contributed by atoms with Crippen LogP contribution >= 0.6 is 0 Å². The highest BCUT2D eigenvalue weighted by Crippen LogP contribution is 2.36. The molecule has 29 heavy (non-hydrogen) atoms. The molecule has 0 spiro atoms. The van der Waals surface area contributed by atoms with Crippen molar-refractivity contribution in [1.82, 2.24) is 15.5 Å². The van der Waals surface area contributed by atoms with Gasteiger partial charge in [-0.15, -0.1) is 10.2 Å². The maximum atomic E-state index is 12.4. The molecule has 1 N–H and O–H groups in total. The lowest BCUT2D eigenvalue weighted by molar-refractivity contribution is 0.0948. The summed E-state index contributed by atoms with van der Waals surface area (Å²) in [4.78, 5) is 14.6. The molecule has 1 aliphatic rings. The maximum absolute atomic E-state index is 12.4. The minimum absolute atomic E-state index is 0.221. The quantitative estimate of drug-likeness (QED) is 0.700. The zero-order valence-corrected chi connectivity index (χ0v) is 16.6. The Bertz CT molecular complexity index is 1000. The summed E-state index contributed by atoms with van der Waals surface area (Å²) in [5.74, 6) is 1.35. The van der Waals surface area contributed by atoms with E-state index in [2.05, 4.69) is 45.5 Å². The Morgan fingerprint density at radius 2 is 2.00 bits per heavy atom. The van der Waals surface area contributed by atoms with Crippen LogP contribution in [0.3, 0.4) is 0 Å². The first kappa shape index (κ1) is 18.9. The van der Waals surface area contributed by atoms with Gasteiger partial charge in [-0.3, -0.25) is 4.79 Å². The van der Waals surface area contributed by atoms with Crippen LogP contribution in [0.1, 0.15) is 28.5 Å². The Kier molecular flexibility index (Phi) is 5.42. The second kappa shape index (κ2) is 8.31. The van der Waals surface area contributed by atoms with E-state index in [1.54, 1.807) is 13.2 Å². The van der Waals surface area contributed by atoms with E-state index in [0.717, 1.165) is 35.7 Å². The van der Waals surface area contributed by atoms with E-state index >= 15 is 0 Å². The number of ether oxygens (including phenoxy) is 1. The first-order valence-corrected chi connectivity index (χ1v) is 9.77. The molecule has 1 aliphatic heterocycles. The van der Waals surface area contributed by atoms with Crippen LogP contribution in [-0.4, -0.2) is 35.8 Å². The Labute approximate surface area is 170 Å². The maximum Gasteiger partial charge on any atom is 0.271 e. The molecule has 3 aromatic rings. The third-order valence-electron chi connectivity index (χ3n) is 5.17. The normalized spacial score (nSPS) is 15.1. The van der Waals surface area contributed by atoms with E-state index in [-0.39, 0.29) is 5.91 Å². The number of amides is 1. The van der Waals surface area contributed by atoms with Crippen molar-refractivity contribution in [3.8, 4) is 5.75 Å². The molecular formula is C23H24N4O2. The third-order valence-corrected chi connectivity index (χ3v) is 5.17. The Balaban J connectivity index is 1.38. The van der Waals surface area contributed by atoms with Gasteiger partial charge in [0.05, 0.1) is 7.11 Å². The average molecular weight is 388 g/mol. The number of carbonyl (C=O) groups is 1. The summed E-state index contributed by atoms with van der Waals surface area (Å²) in [6.07, 6.45) is 1.70. The van der Waals surface area contributed by atoms with Gasteiger partial charge in [0.1, 0.15) is 5.75 Å². The van der Waals surface area contributed by atoms with Gasteiger partial charge in [-0.1, -0.05) is 30.3 Å². The first-order valence-electron chi connectivity index (χ1n) is 9.77. The minimum Gasteiger partial charge on any atom is -0.497 e. The van der Waals surface area contributed by atoms with E-state index in [9.17, 15) is 4.79 Å². The molecule has 0 bridgehead atoms. The second-order valence-electron chi connectivity index (χ2n) is 7.19.